The number of halogens is 1. The lowest BCUT2D eigenvalue weighted by Crippen LogP contribution is -2.35. The van der Waals surface area contributed by atoms with Gasteiger partial charge in [-0.3, -0.25) is 4.79 Å². The summed E-state index contributed by atoms with van der Waals surface area (Å²) in [4.78, 5) is 11.3. The van der Waals surface area contributed by atoms with Crippen LogP contribution in [0.3, 0.4) is 0 Å². The maximum atomic E-state index is 13.3. The number of benzene rings is 1. The van der Waals surface area contributed by atoms with Crippen LogP contribution in [0.25, 0.3) is 0 Å². The van der Waals surface area contributed by atoms with Gasteiger partial charge in [-0.1, -0.05) is 0 Å². The molecule has 0 aliphatic heterocycles. The molecule has 1 atom stereocenters. The van der Waals surface area contributed by atoms with E-state index in [9.17, 15) is 17.6 Å². The summed E-state index contributed by atoms with van der Waals surface area (Å²) in [6, 6.07) is 2.42. The SMILES string of the molecule is COCC(C)NC(=O)c1cc(F)cc(S(N)(=O)=O)c1. The maximum Gasteiger partial charge on any atom is 0.251 e. The van der Waals surface area contributed by atoms with Crippen molar-refractivity contribution in [2.75, 3.05) is 13.7 Å². The second kappa shape index (κ2) is 6.09. The van der Waals surface area contributed by atoms with Gasteiger partial charge >= 0.3 is 0 Å². The fraction of sp³-hybridized carbons (Fsp3) is 0.364. The number of methoxy groups -OCH3 is 1. The highest BCUT2D eigenvalue weighted by Crippen LogP contribution is 2.13. The molecule has 0 saturated heterocycles. The molecule has 0 bridgehead atoms. The van der Waals surface area contributed by atoms with E-state index in [1.807, 2.05) is 0 Å². The number of hydrogen-bond donors (Lipinski definition) is 2. The number of carbonyl (C=O) groups is 1. The first kappa shape index (κ1) is 15.5. The highest BCUT2D eigenvalue weighted by molar-refractivity contribution is 7.89. The van der Waals surface area contributed by atoms with Crippen LogP contribution in [0.15, 0.2) is 23.1 Å². The predicted octanol–water partition coefficient (Wildman–Crippen LogP) is 0.238. The number of ether oxygens (including phenoxy) is 1. The van der Waals surface area contributed by atoms with Gasteiger partial charge in [0.2, 0.25) is 10.0 Å². The molecule has 106 valence electrons. The number of amides is 1. The summed E-state index contributed by atoms with van der Waals surface area (Å²) in [6.07, 6.45) is 0. The van der Waals surface area contributed by atoms with E-state index in [1.165, 1.54) is 7.11 Å². The molecule has 1 aromatic rings. The summed E-state index contributed by atoms with van der Waals surface area (Å²) in [5, 5.41) is 7.43. The minimum Gasteiger partial charge on any atom is -0.383 e. The molecule has 0 aromatic heterocycles. The van der Waals surface area contributed by atoms with E-state index in [-0.39, 0.29) is 18.2 Å². The molecule has 6 nitrogen and oxygen atoms in total. The second-order valence-corrected chi connectivity index (χ2v) is 5.61. The van der Waals surface area contributed by atoms with Gasteiger partial charge < -0.3 is 10.1 Å². The summed E-state index contributed by atoms with van der Waals surface area (Å²) in [7, 11) is -2.59. The zero-order valence-corrected chi connectivity index (χ0v) is 11.3. The summed E-state index contributed by atoms with van der Waals surface area (Å²) >= 11 is 0. The van der Waals surface area contributed by atoms with Crippen LogP contribution in [0.2, 0.25) is 0 Å². The van der Waals surface area contributed by atoms with Gasteiger partial charge in [-0.15, -0.1) is 0 Å². The van der Waals surface area contributed by atoms with Crippen molar-refractivity contribution in [2.24, 2.45) is 5.14 Å². The highest BCUT2D eigenvalue weighted by Gasteiger charge is 2.16. The third-order valence-electron chi connectivity index (χ3n) is 2.26. The van der Waals surface area contributed by atoms with E-state index in [0.717, 1.165) is 18.2 Å². The smallest absolute Gasteiger partial charge is 0.251 e. The summed E-state index contributed by atoms with van der Waals surface area (Å²) in [6.45, 7) is 1.98. The molecule has 1 rings (SSSR count). The van der Waals surface area contributed by atoms with Crippen molar-refractivity contribution in [2.45, 2.75) is 17.9 Å². The van der Waals surface area contributed by atoms with Gasteiger partial charge in [0.15, 0.2) is 0 Å². The van der Waals surface area contributed by atoms with Crippen molar-refractivity contribution in [3.63, 3.8) is 0 Å². The Morgan fingerprint density at radius 3 is 2.63 bits per heavy atom. The van der Waals surface area contributed by atoms with Crippen LogP contribution in [0, 0.1) is 5.82 Å². The van der Waals surface area contributed by atoms with Gasteiger partial charge in [-0.2, -0.15) is 0 Å². The Morgan fingerprint density at radius 2 is 2.11 bits per heavy atom. The van der Waals surface area contributed by atoms with E-state index >= 15 is 0 Å². The predicted molar refractivity (Wildman–Crippen MR) is 66.6 cm³/mol. The fourth-order valence-electron chi connectivity index (χ4n) is 1.46. The van der Waals surface area contributed by atoms with Gasteiger partial charge in [0.05, 0.1) is 11.5 Å². The number of nitrogens with one attached hydrogen (secondary N) is 1. The van der Waals surface area contributed by atoms with Gasteiger partial charge in [0.1, 0.15) is 5.82 Å². The van der Waals surface area contributed by atoms with Crippen molar-refractivity contribution in [3.8, 4) is 0 Å². The van der Waals surface area contributed by atoms with Crippen molar-refractivity contribution < 1.29 is 22.3 Å². The third kappa shape index (κ3) is 4.58. The first-order valence-corrected chi connectivity index (χ1v) is 6.92. The van der Waals surface area contributed by atoms with Crippen LogP contribution in [-0.2, 0) is 14.8 Å². The largest absolute Gasteiger partial charge is 0.383 e. The maximum absolute atomic E-state index is 13.3. The number of primary sulfonamides is 1. The first-order chi connectivity index (χ1) is 8.74. The van der Waals surface area contributed by atoms with E-state index in [4.69, 9.17) is 9.88 Å². The van der Waals surface area contributed by atoms with Crippen molar-refractivity contribution in [3.05, 3.63) is 29.6 Å². The number of sulfonamides is 1. The highest BCUT2D eigenvalue weighted by atomic mass is 32.2. The lowest BCUT2D eigenvalue weighted by atomic mass is 10.2. The van der Waals surface area contributed by atoms with Crippen LogP contribution in [0.4, 0.5) is 4.39 Å². The number of carbonyl (C=O) groups excluding carboxylic acids is 1. The molecule has 1 amide bonds. The molecule has 8 heteroatoms. The third-order valence-corrected chi connectivity index (χ3v) is 3.15. The topological polar surface area (TPSA) is 98.5 Å². The van der Waals surface area contributed by atoms with E-state index in [2.05, 4.69) is 5.32 Å². The van der Waals surface area contributed by atoms with Crippen LogP contribution >= 0.6 is 0 Å². The van der Waals surface area contributed by atoms with Crippen molar-refractivity contribution >= 4 is 15.9 Å². The Balaban J connectivity index is 3.01. The van der Waals surface area contributed by atoms with E-state index in [1.54, 1.807) is 6.92 Å². The standard InChI is InChI=1S/C11H15FN2O4S/c1-7(6-18-2)14-11(15)8-3-9(12)5-10(4-8)19(13,16)17/h3-5,7H,6H2,1-2H3,(H,14,15)(H2,13,16,17). The Kier molecular flexibility index (Phi) is 4.98. The van der Waals surface area contributed by atoms with Gasteiger partial charge in [0, 0.05) is 18.7 Å². The molecule has 19 heavy (non-hydrogen) atoms. The quantitative estimate of drug-likeness (QED) is 0.811. The van der Waals surface area contributed by atoms with Crippen LogP contribution in [0.5, 0.6) is 0 Å². The summed E-state index contributed by atoms with van der Waals surface area (Å²) in [5.74, 6) is -1.45. The number of nitrogens with two attached hydrogens (primary N) is 1. The molecule has 0 aliphatic carbocycles. The van der Waals surface area contributed by atoms with Gasteiger partial charge in [-0.25, -0.2) is 17.9 Å². The fourth-order valence-corrected chi connectivity index (χ4v) is 2.02. The lowest BCUT2D eigenvalue weighted by molar-refractivity contribution is 0.0905. The van der Waals surface area contributed by atoms with Crippen LogP contribution < -0.4 is 10.5 Å². The molecule has 0 fully saturated rings. The average molecular weight is 290 g/mol. The molecule has 3 N–H and O–H groups in total. The molecule has 0 radical (unpaired) electrons. The molecule has 0 heterocycles. The van der Waals surface area contributed by atoms with Crippen molar-refractivity contribution in [1.82, 2.24) is 5.32 Å². The molecule has 1 unspecified atom stereocenters. The van der Waals surface area contributed by atoms with Gasteiger partial charge in [-0.05, 0) is 25.1 Å². The van der Waals surface area contributed by atoms with Gasteiger partial charge in [0.25, 0.3) is 5.91 Å². The van der Waals surface area contributed by atoms with E-state index in [0.29, 0.717) is 0 Å². The number of rotatable bonds is 5. The molecular formula is C11H15FN2O4S. The van der Waals surface area contributed by atoms with Crippen molar-refractivity contribution in [1.29, 1.82) is 0 Å². The van der Waals surface area contributed by atoms with Crippen LogP contribution in [0.1, 0.15) is 17.3 Å². The Hall–Kier alpha value is -1.51. The number of hydrogen-bond acceptors (Lipinski definition) is 4. The van der Waals surface area contributed by atoms with E-state index < -0.39 is 26.6 Å². The molecular weight excluding hydrogens is 275 g/mol. The first-order valence-electron chi connectivity index (χ1n) is 5.37. The van der Waals surface area contributed by atoms with Crippen LogP contribution in [-0.4, -0.2) is 34.1 Å². The molecule has 0 saturated carbocycles. The Bertz CT molecular complexity index is 574. The minimum atomic E-state index is -4.06. The molecule has 0 spiro atoms. The monoisotopic (exact) mass is 290 g/mol. The summed E-state index contributed by atoms with van der Waals surface area (Å²) < 4.78 is 40.4. The second-order valence-electron chi connectivity index (χ2n) is 4.05. The minimum absolute atomic E-state index is 0.119. The Labute approximate surface area is 110 Å². The lowest BCUT2D eigenvalue weighted by Gasteiger charge is -2.13. The summed E-state index contributed by atoms with van der Waals surface area (Å²) in [5.41, 5.74) is -0.119. The average Bonchev–Trinajstić information content (AvgIpc) is 2.27. The Morgan fingerprint density at radius 1 is 1.47 bits per heavy atom. The normalized spacial score (nSPS) is 13.1. The zero-order chi connectivity index (χ0) is 14.6. The molecule has 1 aromatic carbocycles. The molecule has 0 aliphatic rings. The zero-order valence-electron chi connectivity index (χ0n) is 10.5.